The van der Waals surface area contributed by atoms with Crippen molar-refractivity contribution in [2.45, 2.75) is 6.61 Å². The number of methoxy groups -OCH3 is 3. The molecule has 8 nitrogen and oxygen atoms in total. The molecule has 0 unspecified atom stereocenters. The number of aromatic carboxylic acids is 1. The van der Waals surface area contributed by atoms with Crippen LogP contribution in [-0.2, 0) is 11.3 Å². The molecule has 0 saturated carbocycles. The number of ether oxygens (including phenoxy) is 4. The number of carbonyl (C=O) groups is 2. The maximum Gasteiger partial charge on any atom is 0.412 e. The Morgan fingerprint density at radius 2 is 1.65 bits per heavy atom. The molecule has 26 heavy (non-hydrogen) atoms. The summed E-state index contributed by atoms with van der Waals surface area (Å²) in [6.07, 6.45) is -0.832. The van der Waals surface area contributed by atoms with E-state index in [0.717, 1.165) is 5.56 Å². The molecule has 138 valence electrons. The van der Waals surface area contributed by atoms with Gasteiger partial charge in [-0.15, -0.1) is 0 Å². The van der Waals surface area contributed by atoms with Crippen molar-refractivity contribution in [3.05, 3.63) is 47.5 Å². The first-order chi connectivity index (χ1) is 12.5. The summed E-state index contributed by atoms with van der Waals surface area (Å²) in [5, 5.41) is 11.9. The van der Waals surface area contributed by atoms with Gasteiger partial charge in [0.25, 0.3) is 0 Å². The van der Waals surface area contributed by atoms with E-state index in [1.54, 1.807) is 12.1 Å². The molecule has 0 spiro atoms. The molecular weight excluding hydrogens is 342 g/mol. The van der Waals surface area contributed by atoms with E-state index in [2.05, 4.69) is 5.32 Å². The summed E-state index contributed by atoms with van der Waals surface area (Å²) >= 11 is 0. The van der Waals surface area contributed by atoms with Gasteiger partial charge in [0, 0.05) is 6.07 Å². The van der Waals surface area contributed by atoms with Gasteiger partial charge in [-0.25, -0.2) is 9.59 Å². The van der Waals surface area contributed by atoms with E-state index in [1.807, 2.05) is 18.2 Å². The smallest absolute Gasteiger partial charge is 0.412 e. The SMILES string of the molecule is COc1cc(C(=O)O)c(NC(=O)OCc2ccccc2)c(OC)c1OC. The molecule has 0 aliphatic rings. The van der Waals surface area contributed by atoms with Gasteiger partial charge in [-0.05, 0) is 5.56 Å². The van der Waals surface area contributed by atoms with Crippen molar-refractivity contribution in [3.63, 3.8) is 0 Å². The first kappa shape index (κ1) is 18.9. The van der Waals surface area contributed by atoms with Crippen LogP contribution in [0, 0.1) is 0 Å². The van der Waals surface area contributed by atoms with Crippen molar-refractivity contribution >= 4 is 17.7 Å². The minimum absolute atomic E-state index is 0.0147. The number of rotatable bonds is 7. The Balaban J connectivity index is 2.31. The Kier molecular flexibility index (Phi) is 6.26. The first-order valence-electron chi connectivity index (χ1n) is 7.55. The number of anilines is 1. The van der Waals surface area contributed by atoms with Gasteiger partial charge in [0.2, 0.25) is 5.75 Å². The number of amides is 1. The molecule has 0 saturated heterocycles. The molecule has 0 fully saturated rings. The second-order valence-corrected chi connectivity index (χ2v) is 5.06. The predicted octanol–water partition coefficient (Wildman–Crippen LogP) is 3.16. The summed E-state index contributed by atoms with van der Waals surface area (Å²) in [6, 6.07) is 10.3. The lowest BCUT2D eigenvalue weighted by molar-refractivity contribution is 0.0697. The molecule has 8 heteroatoms. The monoisotopic (exact) mass is 361 g/mol. The van der Waals surface area contributed by atoms with Crippen LogP contribution in [0.5, 0.6) is 17.2 Å². The predicted molar refractivity (Wildman–Crippen MR) is 93.3 cm³/mol. The number of carboxylic acids is 1. The van der Waals surface area contributed by atoms with Crippen molar-refractivity contribution in [1.29, 1.82) is 0 Å². The summed E-state index contributed by atoms with van der Waals surface area (Å²) in [6.45, 7) is 0.0324. The normalized spacial score (nSPS) is 9.96. The van der Waals surface area contributed by atoms with Gasteiger partial charge in [-0.2, -0.15) is 0 Å². The van der Waals surface area contributed by atoms with Crippen LogP contribution in [0.15, 0.2) is 36.4 Å². The third kappa shape index (κ3) is 4.15. The second kappa shape index (κ2) is 8.61. The fourth-order valence-corrected chi connectivity index (χ4v) is 2.31. The molecule has 0 heterocycles. The lowest BCUT2D eigenvalue weighted by atomic mass is 10.1. The summed E-state index contributed by atoms with van der Waals surface area (Å²) in [4.78, 5) is 23.7. The fourth-order valence-electron chi connectivity index (χ4n) is 2.31. The van der Waals surface area contributed by atoms with E-state index in [4.69, 9.17) is 18.9 Å². The van der Waals surface area contributed by atoms with Crippen LogP contribution in [0.2, 0.25) is 0 Å². The highest BCUT2D eigenvalue weighted by Crippen LogP contribution is 2.45. The van der Waals surface area contributed by atoms with Crippen molar-refractivity contribution in [2.75, 3.05) is 26.6 Å². The summed E-state index contributed by atoms with van der Waals surface area (Å²) in [5.41, 5.74) is 0.479. The van der Waals surface area contributed by atoms with E-state index < -0.39 is 12.1 Å². The Bertz CT molecular complexity index is 790. The molecule has 0 aromatic heterocycles. The van der Waals surface area contributed by atoms with Crippen LogP contribution in [0.1, 0.15) is 15.9 Å². The van der Waals surface area contributed by atoms with Crippen molar-refractivity contribution in [3.8, 4) is 17.2 Å². The fraction of sp³-hybridized carbons (Fsp3) is 0.222. The lowest BCUT2D eigenvalue weighted by Crippen LogP contribution is -2.17. The highest BCUT2D eigenvalue weighted by molar-refractivity contribution is 6.02. The van der Waals surface area contributed by atoms with E-state index in [0.29, 0.717) is 0 Å². The van der Waals surface area contributed by atoms with Crippen molar-refractivity contribution in [1.82, 2.24) is 0 Å². The van der Waals surface area contributed by atoms with Gasteiger partial charge in [0.1, 0.15) is 12.3 Å². The van der Waals surface area contributed by atoms with E-state index in [-0.39, 0.29) is 35.1 Å². The zero-order valence-electron chi connectivity index (χ0n) is 14.6. The number of carbonyl (C=O) groups excluding carboxylic acids is 1. The van der Waals surface area contributed by atoms with E-state index in [1.165, 1.54) is 27.4 Å². The molecule has 1 amide bonds. The Morgan fingerprint density at radius 3 is 2.19 bits per heavy atom. The number of nitrogens with one attached hydrogen (secondary N) is 1. The number of carboxylic acid groups (broad SMARTS) is 1. The van der Waals surface area contributed by atoms with Gasteiger partial charge >= 0.3 is 12.1 Å². The van der Waals surface area contributed by atoms with E-state index in [9.17, 15) is 14.7 Å². The average molecular weight is 361 g/mol. The van der Waals surface area contributed by atoms with Crippen LogP contribution in [0.4, 0.5) is 10.5 Å². The van der Waals surface area contributed by atoms with Crippen LogP contribution < -0.4 is 19.5 Å². The quantitative estimate of drug-likeness (QED) is 0.781. The third-order valence-corrected chi connectivity index (χ3v) is 3.50. The standard InChI is InChI=1S/C18H19NO7/c1-23-13-9-12(17(20)21)14(16(25-3)15(13)24-2)19-18(22)26-10-11-7-5-4-6-8-11/h4-9H,10H2,1-3H3,(H,19,22)(H,20,21). The van der Waals surface area contributed by atoms with Crippen molar-refractivity contribution in [2.24, 2.45) is 0 Å². The van der Waals surface area contributed by atoms with Gasteiger partial charge in [-0.1, -0.05) is 30.3 Å². The molecule has 0 atom stereocenters. The number of hydrogen-bond acceptors (Lipinski definition) is 6. The van der Waals surface area contributed by atoms with Crippen LogP contribution in [0.3, 0.4) is 0 Å². The van der Waals surface area contributed by atoms with Crippen molar-refractivity contribution < 1.29 is 33.6 Å². The summed E-state index contributed by atoms with van der Waals surface area (Å²) in [7, 11) is 4.06. The first-order valence-corrected chi connectivity index (χ1v) is 7.55. The van der Waals surface area contributed by atoms with E-state index >= 15 is 0 Å². The second-order valence-electron chi connectivity index (χ2n) is 5.06. The zero-order chi connectivity index (χ0) is 19.1. The molecule has 0 aliphatic carbocycles. The maximum atomic E-state index is 12.1. The molecule has 0 bridgehead atoms. The highest BCUT2D eigenvalue weighted by Gasteiger charge is 2.25. The minimum Gasteiger partial charge on any atom is -0.493 e. The largest absolute Gasteiger partial charge is 0.493 e. The number of hydrogen-bond donors (Lipinski definition) is 2. The molecule has 0 radical (unpaired) electrons. The van der Waals surface area contributed by atoms with Crippen LogP contribution in [0.25, 0.3) is 0 Å². The lowest BCUT2D eigenvalue weighted by Gasteiger charge is -2.18. The highest BCUT2D eigenvalue weighted by atomic mass is 16.6. The summed E-state index contributed by atoms with van der Waals surface area (Å²) in [5.74, 6) is -0.952. The molecule has 0 aliphatic heterocycles. The summed E-state index contributed by atoms with van der Waals surface area (Å²) < 4.78 is 20.7. The Hall–Kier alpha value is -3.42. The topological polar surface area (TPSA) is 103 Å². The zero-order valence-corrected chi connectivity index (χ0v) is 14.6. The molecular formula is C18H19NO7. The maximum absolute atomic E-state index is 12.1. The van der Waals surface area contributed by atoms with Gasteiger partial charge < -0.3 is 24.1 Å². The third-order valence-electron chi connectivity index (χ3n) is 3.50. The Morgan fingerprint density at radius 1 is 1.00 bits per heavy atom. The minimum atomic E-state index is -1.28. The van der Waals surface area contributed by atoms with Gasteiger partial charge in [-0.3, -0.25) is 5.32 Å². The van der Waals surface area contributed by atoms with Crippen LogP contribution >= 0.6 is 0 Å². The molecule has 2 aromatic carbocycles. The van der Waals surface area contributed by atoms with Gasteiger partial charge in [0.05, 0.1) is 26.9 Å². The molecule has 2 rings (SSSR count). The van der Waals surface area contributed by atoms with Gasteiger partial charge in [0.15, 0.2) is 11.5 Å². The Labute approximate surface area is 150 Å². The molecule has 2 aromatic rings. The number of benzene rings is 2. The molecule has 2 N–H and O–H groups in total. The average Bonchev–Trinajstić information content (AvgIpc) is 2.66. The van der Waals surface area contributed by atoms with Crippen LogP contribution in [-0.4, -0.2) is 38.5 Å².